The molecule has 37 heavy (non-hydrogen) atoms. The van der Waals surface area contributed by atoms with E-state index in [9.17, 15) is 0 Å². The van der Waals surface area contributed by atoms with E-state index in [1.165, 1.54) is 63.6 Å². The third kappa shape index (κ3) is 3.20. The first-order chi connectivity index (χ1) is 18.3. The molecule has 2 heterocycles. The molecule has 0 fully saturated rings. The monoisotopic (exact) mass is 487 g/mol. The molecule has 8 aromatic rings. The molecule has 0 saturated carbocycles. The average molecular weight is 488 g/mol. The summed E-state index contributed by atoms with van der Waals surface area (Å²) in [6, 6.07) is 43.9. The fraction of sp³-hybridized carbons (Fsp3) is 0. The first kappa shape index (κ1) is 20.6. The van der Waals surface area contributed by atoms with E-state index in [1.807, 2.05) is 11.3 Å². The van der Waals surface area contributed by atoms with Gasteiger partial charge in [-0.3, -0.25) is 4.98 Å². The molecule has 0 aliphatic rings. The van der Waals surface area contributed by atoms with Crippen molar-refractivity contribution in [2.24, 2.45) is 0 Å². The summed E-state index contributed by atoms with van der Waals surface area (Å²) in [5.41, 5.74) is 4.57. The molecule has 0 spiro atoms. The van der Waals surface area contributed by atoms with Crippen molar-refractivity contribution >= 4 is 63.8 Å². The maximum Gasteiger partial charge on any atom is 0.0708 e. The largest absolute Gasteiger partial charge is 0.256 e. The van der Waals surface area contributed by atoms with E-state index in [-0.39, 0.29) is 0 Å². The molecule has 0 amide bonds. The number of benzene rings is 6. The molecule has 0 aliphatic carbocycles. The third-order valence-electron chi connectivity index (χ3n) is 7.50. The van der Waals surface area contributed by atoms with Gasteiger partial charge in [0.25, 0.3) is 0 Å². The van der Waals surface area contributed by atoms with Crippen LogP contribution in [0.15, 0.2) is 128 Å². The number of rotatable bonds is 2. The van der Waals surface area contributed by atoms with E-state index in [0.29, 0.717) is 0 Å². The molecular formula is C35H21NS. The van der Waals surface area contributed by atoms with Crippen LogP contribution in [0.1, 0.15) is 0 Å². The lowest BCUT2D eigenvalue weighted by atomic mass is 9.94. The van der Waals surface area contributed by atoms with Crippen molar-refractivity contribution in [3.05, 3.63) is 128 Å². The molecule has 0 N–H and O–H groups in total. The predicted octanol–water partition coefficient (Wildman–Crippen LogP) is 10.2. The highest BCUT2D eigenvalue weighted by atomic mass is 32.1. The van der Waals surface area contributed by atoms with Gasteiger partial charge in [0.2, 0.25) is 0 Å². The highest BCUT2D eigenvalue weighted by Crippen LogP contribution is 2.38. The van der Waals surface area contributed by atoms with Gasteiger partial charge in [-0.1, -0.05) is 91.0 Å². The second kappa shape index (κ2) is 7.99. The summed E-state index contributed by atoms with van der Waals surface area (Å²) in [6.07, 6.45) is 2.05. The zero-order valence-electron chi connectivity index (χ0n) is 20.0. The van der Waals surface area contributed by atoms with Gasteiger partial charge in [0.05, 0.1) is 5.69 Å². The Bertz CT molecular complexity index is 2120. The summed E-state index contributed by atoms with van der Waals surface area (Å²) in [4.78, 5) is 4.95. The number of thiophene rings is 1. The fourth-order valence-electron chi connectivity index (χ4n) is 5.72. The van der Waals surface area contributed by atoms with Crippen LogP contribution in [0.2, 0.25) is 0 Å². The van der Waals surface area contributed by atoms with Gasteiger partial charge in [0.1, 0.15) is 0 Å². The molecule has 0 radical (unpaired) electrons. The van der Waals surface area contributed by atoms with E-state index >= 15 is 0 Å². The number of nitrogens with zero attached hydrogens (tertiary/aromatic N) is 1. The predicted molar refractivity (Wildman–Crippen MR) is 161 cm³/mol. The smallest absolute Gasteiger partial charge is 0.0708 e. The Balaban J connectivity index is 1.31. The number of hydrogen-bond donors (Lipinski definition) is 0. The third-order valence-corrected chi connectivity index (χ3v) is 8.65. The van der Waals surface area contributed by atoms with Crippen LogP contribution in [0, 0.1) is 0 Å². The van der Waals surface area contributed by atoms with Crippen LogP contribution in [0.5, 0.6) is 0 Å². The van der Waals surface area contributed by atoms with Crippen molar-refractivity contribution in [1.29, 1.82) is 0 Å². The summed E-state index contributed by atoms with van der Waals surface area (Å²) < 4.78 is 2.67. The van der Waals surface area contributed by atoms with E-state index in [0.717, 1.165) is 11.3 Å². The molecule has 8 rings (SSSR count). The van der Waals surface area contributed by atoms with Crippen molar-refractivity contribution in [1.82, 2.24) is 4.98 Å². The zero-order valence-corrected chi connectivity index (χ0v) is 20.8. The highest BCUT2D eigenvalue weighted by Gasteiger charge is 2.12. The molecular weight excluding hydrogens is 466 g/mol. The van der Waals surface area contributed by atoms with Crippen molar-refractivity contribution in [2.75, 3.05) is 0 Å². The van der Waals surface area contributed by atoms with Crippen LogP contribution in [0.25, 0.3) is 74.9 Å². The average Bonchev–Trinajstić information content (AvgIpc) is 3.35. The van der Waals surface area contributed by atoms with E-state index in [1.54, 1.807) is 0 Å². The lowest BCUT2D eigenvalue weighted by molar-refractivity contribution is 1.36. The molecule has 0 aliphatic heterocycles. The van der Waals surface area contributed by atoms with Gasteiger partial charge in [-0.2, -0.15) is 0 Å². The first-order valence-corrected chi connectivity index (χ1v) is 13.4. The quantitative estimate of drug-likeness (QED) is 0.221. The summed E-state index contributed by atoms with van der Waals surface area (Å²) in [5.74, 6) is 0. The molecule has 6 aromatic carbocycles. The van der Waals surface area contributed by atoms with Crippen LogP contribution in [-0.4, -0.2) is 4.98 Å². The molecule has 172 valence electrons. The Morgan fingerprint density at radius 1 is 0.378 bits per heavy atom. The minimum atomic E-state index is 0.997. The van der Waals surface area contributed by atoms with Crippen LogP contribution in [0.3, 0.4) is 0 Å². The minimum Gasteiger partial charge on any atom is -0.256 e. The summed E-state index contributed by atoms with van der Waals surface area (Å²) in [7, 11) is 0. The lowest BCUT2D eigenvalue weighted by Crippen LogP contribution is -1.88. The van der Waals surface area contributed by atoms with Crippen molar-refractivity contribution in [3.63, 3.8) is 0 Å². The number of aromatic nitrogens is 1. The molecule has 0 saturated heterocycles. The Labute approximate surface area is 218 Å². The van der Waals surface area contributed by atoms with Crippen molar-refractivity contribution < 1.29 is 0 Å². The van der Waals surface area contributed by atoms with Gasteiger partial charge in [0.15, 0.2) is 0 Å². The van der Waals surface area contributed by atoms with Gasteiger partial charge in [0, 0.05) is 37.3 Å². The summed E-state index contributed by atoms with van der Waals surface area (Å²) in [6.45, 7) is 0. The topological polar surface area (TPSA) is 12.9 Å². The molecule has 0 bridgehead atoms. The summed E-state index contributed by atoms with van der Waals surface area (Å²) >= 11 is 1.86. The van der Waals surface area contributed by atoms with Crippen LogP contribution < -0.4 is 0 Å². The Morgan fingerprint density at radius 3 is 1.76 bits per heavy atom. The van der Waals surface area contributed by atoms with Crippen LogP contribution in [0.4, 0.5) is 0 Å². The Morgan fingerprint density at radius 2 is 0.973 bits per heavy atom. The Hall–Kier alpha value is -4.53. The minimum absolute atomic E-state index is 0.997. The van der Waals surface area contributed by atoms with Gasteiger partial charge in [-0.25, -0.2) is 0 Å². The van der Waals surface area contributed by atoms with Gasteiger partial charge >= 0.3 is 0 Å². The second-order valence-corrected chi connectivity index (χ2v) is 10.7. The van der Waals surface area contributed by atoms with Crippen molar-refractivity contribution in [2.45, 2.75) is 0 Å². The zero-order chi connectivity index (χ0) is 24.3. The number of pyridine rings is 1. The molecule has 2 aromatic heterocycles. The van der Waals surface area contributed by atoms with E-state index < -0.39 is 0 Å². The molecule has 0 atom stereocenters. The van der Waals surface area contributed by atoms with E-state index in [4.69, 9.17) is 4.98 Å². The van der Waals surface area contributed by atoms with Crippen LogP contribution in [-0.2, 0) is 0 Å². The number of fused-ring (bicyclic) bond motifs is 9. The van der Waals surface area contributed by atoms with Gasteiger partial charge < -0.3 is 0 Å². The van der Waals surface area contributed by atoms with Crippen LogP contribution >= 0.6 is 11.3 Å². The van der Waals surface area contributed by atoms with Gasteiger partial charge in [-0.05, 0) is 68.4 Å². The maximum absolute atomic E-state index is 4.95. The normalized spacial score (nSPS) is 11.8. The Kier molecular flexibility index (Phi) is 4.46. The molecule has 2 heteroatoms. The second-order valence-electron chi connectivity index (χ2n) is 9.60. The first-order valence-electron chi connectivity index (χ1n) is 12.5. The molecule has 1 nitrogen and oxygen atoms in total. The maximum atomic E-state index is 4.95. The number of hydrogen-bond acceptors (Lipinski definition) is 2. The van der Waals surface area contributed by atoms with Gasteiger partial charge in [-0.15, -0.1) is 11.3 Å². The highest BCUT2D eigenvalue weighted by molar-refractivity contribution is 7.25. The standard InChI is InChI=1S/C35H21NS/c1-3-12-27-25(10-1)26-11-2-4-13-28(26)32-21-36-33(20-30(27)32)24-9-7-8-22(18-24)23-16-17-35-31(19-23)29-14-5-6-15-34(29)37-35/h1-21H. The lowest BCUT2D eigenvalue weighted by Gasteiger charge is -2.12. The van der Waals surface area contributed by atoms with Crippen molar-refractivity contribution in [3.8, 4) is 22.4 Å². The molecule has 0 unspecified atom stereocenters. The summed E-state index contributed by atoms with van der Waals surface area (Å²) in [5, 5.41) is 10.2. The SMILES string of the molecule is c1cc(-c2ccc3sc4ccccc4c3c2)cc(-c2cc3c4ccccc4c4ccccc4c3cn2)c1. The fourth-order valence-corrected chi connectivity index (χ4v) is 6.81. The van der Waals surface area contributed by atoms with E-state index in [2.05, 4.69) is 128 Å².